The summed E-state index contributed by atoms with van der Waals surface area (Å²) < 4.78 is 4.91. The summed E-state index contributed by atoms with van der Waals surface area (Å²) in [5.74, 6) is -0.307. The van der Waals surface area contributed by atoms with E-state index in [1.807, 2.05) is 13.0 Å². The van der Waals surface area contributed by atoms with Crippen LogP contribution in [0.2, 0.25) is 0 Å². The minimum Gasteiger partial charge on any atom is -0.459 e. The Morgan fingerprint density at radius 3 is 2.54 bits per heavy atom. The first-order valence-electron chi connectivity index (χ1n) is 9.62. The molecule has 3 aliphatic rings. The molecule has 0 aromatic carbocycles. The number of hydrogen-bond acceptors (Lipinski definition) is 5. The first-order valence-corrected chi connectivity index (χ1v) is 9.62. The second-order valence-electron chi connectivity index (χ2n) is 9.10. The summed E-state index contributed by atoms with van der Waals surface area (Å²) in [5.41, 5.74) is 0.529. The van der Waals surface area contributed by atoms with Crippen LogP contribution in [0.5, 0.6) is 0 Å². The Labute approximate surface area is 155 Å². The van der Waals surface area contributed by atoms with Gasteiger partial charge in [-0.25, -0.2) is 4.79 Å². The molecule has 0 radical (unpaired) electrons. The molecule has 0 spiro atoms. The van der Waals surface area contributed by atoms with Gasteiger partial charge in [0.05, 0.1) is 18.3 Å². The molecule has 0 amide bonds. The topological polar surface area (TPSA) is 87.0 Å². The highest BCUT2D eigenvalue weighted by Crippen LogP contribution is 2.68. The number of carbonyl (C=O) groups excluding carboxylic acids is 1. The average Bonchev–Trinajstić information content (AvgIpc) is 2.93. The van der Waals surface area contributed by atoms with Gasteiger partial charge in [-0.05, 0) is 48.9 Å². The third-order valence-electron chi connectivity index (χ3n) is 8.27. The van der Waals surface area contributed by atoms with E-state index >= 15 is 0 Å². The first kappa shape index (κ1) is 19.6. The van der Waals surface area contributed by atoms with Gasteiger partial charge in [-0.3, -0.25) is 0 Å². The fraction of sp³-hybridized carbons (Fsp3) is 0.762. The number of allylic oxidation sites excluding steroid dienone is 2. The molecule has 1 saturated heterocycles. The molecule has 3 fully saturated rings. The molecule has 2 saturated carbocycles. The number of esters is 1. The molecule has 26 heavy (non-hydrogen) atoms. The predicted molar refractivity (Wildman–Crippen MR) is 98.2 cm³/mol. The fourth-order valence-corrected chi connectivity index (χ4v) is 5.85. The number of ether oxygens (including phenoxy) is 1. The number of fused-ring (bicyclic) bond motifs is 1. The molecule has 5 nitrogen and oxygen atoms in total. The van der Waals surface area contributed by atoms with Crippen molar-refractivity contribution in [3.63, 3.8) is 0 Å². The van der Waals surface area contributed by atoms with Gasteiger partial charge in [0.2, 0.25) is 0 Å². The summed E-state index contributed by atoms with van der Waals surface area (Å²) in [6.07, 6.45) is 4.27. The maximum Gasteiger partial charge on any atom is 0.336 e. The van der Waals surface area contributed by atoms with E-state index in [9.17, 15) is 20.1 Å². The number of aliphatic hydroxyl groups is 3. The molecule has 1 aliphatic heterocycles. The second-order valence-corrected chi connectivity index (χ2v) is 9.10. The molecule has 1 heterocycles. The number of hydrogen-bond donors (Lipinski definition) is 3. The Hall–Kier alpha value is -1.17. The third kappa shape index (κ3) is 2.51. The molecular weight excluding hydrogens is 332 g/mol. The third-order valence-corrected chi connectivity index (χ3v) is 8.27. The molecule has 3 rings (SSSR count). The smallest absolute Gasteiger partial charge is 0.336 e. The van der Waals surface area contributed by atoms with E-state index in [1.165, 1.54) is 0 Å². The monoisotopic (exact) mass is 364 g/mol. The number of aliphatic hydroxyl groups excluding tert-OH is 3. The van der Waals surface area contributed by atoms with Crippen molar-refractivity contribution < 1.29 is 24.9 Å². The molecule has 146 valence electrons. The zero-order valence-corrected chi connectivity index (χ0v) is 16.1. The molecule has 0 aromatic heterocycles. The van der Waals surface area contributed by atoms with Crippen LogP contribution in [0.1, 0.15) is 52.9 Å². The number of rotatable bonds is 3. The highest BCUT2D eigenvalue weighted by atomic mass is 16.6. The Balaban J connectivity index is 1.96. The lowest BCUT2D eigenvalue weighted by atomic mass is 9.38. The van der Waals surface area contributed by atoms with Gasteiger partial charge in [0, 0.05) is 5.41 Å². The molecule has 6 atom stereocenters. The number of cyclic esters (lactones) is 1. The standard InChI is InChI=1S/C21H32O5/c1-13-7-10-21(4)19(2,9-8-17(24)20(21,3)12-22)15(13)6-5-14-16(23)11-26-18(14)25/h5,15-17,22-24H,1,6-12H2,2-4H3/b14-5-/t15-,16-,17-,19+,20-,21+/m1/s1. The van der Waals surface area contributed by atoms with Crippen molar-refractivity contribution in [2.45, 2.75) is 65.1 Å². The van der Waals surface area contributed by atoms with Crippen molar-refractivity contribution in [3.05, 3.63) is 23.8 Å². The normalized spacial score (nSPS) is 47.8. The van der Waals surface area contributed by atoms with Crippen molar-refractivity contribution in [1.82, 2.24) is 0 Å². The Bertz CT molecular complexity index is 640. The van der Waals surface area contributed by atoms with Crippen molar-refractivity contribution in [2.75, 3.05) is 13.2 Å². The zero-order valence-electron chi connectivity index (χ0n) is 16.1. The lowest BCUT2D eigenvalue weighted by Crippen LogP contribution is -2.64. The van der Waals surface area contributed by atoms with Gasteiger partial charge in [-0.15, -0.1) is 0 Å². The minimum absolute atomic E-state index is 0.0278. The molecular formula is C21H32O5. The van der Waals surface area contributed by atoms with E-state index in [0.29, 0.717) is 18.4 Å². The maximum absolute atomic E-state index is 11.8. The van der Waals surface area contributed by atoms with Gasteiger partial charge in [-0.2, -0.15) is 0 Å². The highest BCUT2D eigenvalue weighted by Gasteiger charge is 2.64. The van der Waals surface area contributed by atoms with E-state index < -0.39 is 23.6 Å². The first-order chi connectivity index (χ1) is 12.1. The molecule has 0 bridgehead atoms. The van der Waals surface area contributed by atoms with E-state index in [2.05, 4.69) is 20.4 Å². The zero-order chi connectivity index (χ0) is 19.3. The quantitative estimate of drug-likeness (QED) is 0.406. The van der Waals surface area contributed by atoms with Crippen LogP contribution in [0.3, 0.4) is 0 Å². The Morgan fingerprint density at radius 1 is 1.27 bits per heavy atom. The molecule has 3 N–H and O–H groups in total. The summed E-state index contributed by atoms with van der Waals surface area (Å²) in [4.78, 5) is 11.8. The lowest BCUT2D eigenvalue weighted by molar-refractivity contribution is -0.210. The highest BCUT2D eigenvalue weighted by molar-refractivity contribution is 5.91. The van der Waals surface area contributed by atoms with Crippen LogP contribution in [0.25, 0.3) is 0 Å². The van der Waals surface area contributed by atoms with E-state index in [0.717, 1.165) is 24.8 Å². The summed E-state index contributed by atoms with van der Waals surface area (Å²) in [6, 6.07) is 0. The van der Waals surface area contributed by atoms with Crippen molar-refractivity contribution in [3.8, 4) is 0 Å². The van der Waals surface area contributed by atoms with Crippen molar-refractivity contribution in [2.24, 2.45) is 22.2 Å². The Morgan fingerprint density at radius 2 is 1.96 bits per heavy atom. The minimum atomic E-state index is -0.852. The molecule has 2 aliphatic carbocycles. The second kappa shape index (κ2) is 6.47. The largest absolute Gasteiger partial charge is 0.459 e. The van der Waals surface area contributed by atoms with Crippen molar-refractivity contribution >= 4 is 5.97 Å². The summed E-state index contributed by atoms with van der Waals surface area (Å²) in [5, 5.41) is 30.8. The van der Waals surface area contributed by atoms with Crippen LogP contribution in [0.15, 0.2) is 23.8 Å². The van der Waals surface area contributed by atoms with Gasteiger partial charge < -0.3 is 20.1 Å². The molecule has 5 heteroatoms. The van der Waals surface area contributed by atoms with Crippen molar-refractivity contribution in [1.29, 1.82) is 0 Å². The van der Waals surface area contributed by atoms with Crippen LogP contribution >= 0.6 is 0 Å². The van der Waals surface area contributed by atoms with Gasteiger partial charge in [0.25, 0.3) is 0 Å². The SMILES string of the molecule is C=C1CC[C@@]2(C)[C@@](C)(CC[C@@H](O)[C@@]2(C)CO)[C@@H]1C/C=C1\C(=O)OC[C@H]1O. The van der Waals surface area contributed by atoms with Crippen LogP contribution in [0, 0.1) is 22.2 Å². The van der Waals surface area contributed by atoms with Gasteiger partial charge in [-0.1, -0.05) is 39.0 Å². The average molecular weight is 364 g/mol. The fourth-order valence-electron chi connectivity index (χ4n) is 5.85. The van der Waals surface area contributed by atoms with E-state index in [1.54, 1.807) is 0 Å². The number of carbonyl (C=O) groups is 1. The van der Waals surface area contributed by atoms with Crippen LogP contribution in [-0.4, -0.2) is 46.7 Å². The van der Waals surface area contributed by atoms with Crippen LogP contribution < -0.4 is 0 Å². The van der Waals surface area contributed by atoms with Gasteiger partial charge in [0.15, 0.2) is 0 Å². The summed E-state index contributed by atoms with van der Waals surface area (Å²) in [7, 11) is 0. The van der Waals surface area contributed by atoms with Gasteiger partial charge >= 0.3 is 5.97 Å². The summed E-state index contributed by atoms with van der Waals surface area (Å²) in [6.45, 7) is 10.7. The Kier molecular flexibility index (Phi) is 4.87. The van der Waals surface area contributed by atoms with E-state index in [-0.39, 0.29) is 30.0 Å². The van der Waals surface area contributed by atoms with Gasteiger partial charge in [0.1, 0.15) is 12.7 Å². The lowest BCUT2D eigenvalue weighted by Gasteiger charge is -2.66. The predicted octanol–water partition coefficient (Wildman–Crippen LogP) is 2.35. The van der Waals surface area contributed by atoms with Crippen LogP contribution in [0.4, 0.5) is 0 Å². The van der Waals surface area contributed by atoms with Crippen LogP contribution in [-0.2, 0) is 9.53 Å². The van der Waals surface area contributed by atoms with E-state index in [4.69, 9.17) is 4.74 Å². The molecule has 0 unspecified atom stereocenters. The summed E-state index contributed by atoms with van der Waals surface area (Å²) >= 11 is 0. The molecule has 0 aromatic rings. The maximum atomic E-state index is 11.8.